The van der Waals surface area contributed by atoms with Crippen molar-refractivity contribution in [3.8, 4) is 0 Å². The van der Waals surface area contributed by atoms with Crippen LogP contribution in [0.3, 0.4) is 0 Å². The first-order valence-electron chi connectivity index (χ1n) is 3.64. The van der Waals surface area contributed by atoms with Crippen molar-refractivity contribution in [3.63, 3.8) is 0 Å². The molecule has 0 saturated carbocycles. The third kappa shape index (κ3) is 1.03. The van der Waals surface area contributed by atoms with Crippen LogP contribution in [0.5, 0.6) is 0 Å². The molecule has 0 aliphatic carbocycles. The molecule has 0 aromatic carbocycles. The van der Waals surface area contributed by atoms with Crippen LogP contribution in [0.4, 0.5) is 0 Å². The summed E-state index contributed by atoms with van der Waals surface area (Å²) in [5, 5.41) is 0. The molecular formula is C8H6N3NaO. The number of imidazole rings is 2. The molecule has 13 heavy (non-hydrogen) atoms. The van der Waals surface area contributed by atoms with E-state index in [1.54, 1.807) is 6.20 Å². The Bertz CT molecular complexity index is 602. The number of H-pyrrole nitrogens is 1. The number of nitrogens with one attached hydrogen (secondary N) is 1. The van der Waals surface area contributed by atoms with Crippen LogP contribution in [-0.4, -0.2) is 14.4 Å². The van der Waals surface area contributed by atoms with Gasteiger partial charge in [-0.15, -0.1) is 0 Å². The van der Waals surface area contributed by atoms with Crippen LogP contribution in [0.15, 0.2) is 29.2 Å². The Morgan fingerprint density at radius 3 is 3.15 bits per heavy atom. The van der Waals surface area contributed by atoms with E-state index in [0.717, 1.165) is 11.3 Å². The molecule has 0 bridgehead atoms. The van der Waals surface area contributed by atoms with Crippen LogP contribution in [0.2, 0.25) is 0 Å². The Kier molecular flexibility index (Phi) is 1.91. The smallest absolute Gasteiger partial charge is 1.00 e. The van der Waals surface area contributed by atoms with Crippen LogP contribution < -0.4 is 35.1 Å². The zero-order chi connectivity index (χ0) is 8.13. The summed E-state index contributed by atoms with van der Waals surface area (Å²) in [6.07, 6.45) is 1.58. The maximum atomic E-state index is 11.2. The first kappa shape index (κ1) is 8.74. The molecule has 0 fully saturated rings. The van der Waals surface area contributed by atoms with Gasteiger partial charge in [-0.2, -0.15) is 0 Å². The molecule has 5 heteroatoms. The Morgan fingerprint density at radius 1 is 1.46 bits per heavy atom. The van der Waals surface area contributed by atoms with Gasteiger partial charge in [-0.3, -0.25) is 9.20 Å². The molecule has 1 N–H and O–H groups in total. The standard InChI is InChI=1S/C8H5N3O.Na.H/c12-8-5-4-9-6-2-1-3-7(10-8)11(5)6;;/h1-4H,(H,10,12);;/q;+1;-1. The van der Waals surface area contributed by atoms with Crippen LogP contribution in [0, 0.1) is 0 Å². The fourth-order valence-corrected chi connectivity index (χ4v) is 1.47. The van der Waals surface area contributed by atoms with Crippen molar-refractivity contribution in [1.29, 1.82) is 0 Å². The van der Waals surface area contributed by atoms with E-state index in [2.05, 4.69) is 9.97 Å². The predicted molar refractivity (Wildman–Crippen MR) is 45.6 cm³/mol. The average molecular weight is 183 g/mol. The second-order valence-electron chi connectivity index (χ2n) is 2.70. The van der Waals surface area contributed by atoms with E-state index in [9.17, 15) is 4.79 Å². The van der Waals surface area contributed by atoms with Crippen molar-refractivity contribution >= 4 is 16.8 Å². The molecule has 0 unspecified atom stereocenters. The van der Waals surface area contributed by atoms with Gasteiger partial charge in [0, 0.05) is 0 Å². The zero-order valence-electron chi connectivity index (χ0n) is 8.11. The minimum absolute atomic E-state index is 0. The van der Waals surface area contributed by atoms with Gasteiger partial charge in [0.1, 0.15) is 16.8 Å². The first-order valence-corrected chi connectivity index (χ1v) is 3.64. The summed E-state index contributed by atoms with van der Waals surface area (Å²) < 4.78 is 1.81. The summed E-state index contributed by atoms with van der Waals surface area (Å²) in [5.74, 6) is 0. The molecule has 0 spiro atoms. The van der Waals surface area contributed by atoms with Gasteiger partial charge in [0.25, 0.3) is 5.56 Å². The molecule has 60 valence electrons. The maximum absolute atomic E-state index is 11.2. The monoisotopic (exact) mass is 183 g/mol. The van der Waals surface area contributed by atoms with E-state index >= 15 is 0 Å². The van der Waals surface area contributed by atoms with E-state index in [0.29, 0.717) is 5.52 Å². The second kappa shape index (κ2) is 2.83. The SMILES string of the molecule is O=c1[nH]c2cccc3ncc1n32.[H-].[Na+]. The molecule has 3 aromatic heterocycles. The quantitative estimate of drug-likeness (QED) is 0.399. The van der Waals surface area contributed by atoms with Crippen molar-refractivity contribution in [2.45, 2.75) is 0 Å². The average Bonchev–Trinajstić information content (AvgIpc) is 2.60. The molecule has 0 aliphatic heterocycles. The number of hydrogen-bond donors (Lipinski definition) is 1. The minimum atomic E-state index is -0.0799. The van der Waals surface area contributed by atoms with Crippen LogP contribution in [0.25, 0.3) is 16.8 Å². The fraction of sp³-hybridized carbons (Fsp3) is 0. The maximum Gasteiger partial charge on any atom is 1.00 e. The van der Waals surface area contributed by atoms with Gasteiger partial charge in [-0.05, 0) is 12.1 Å². The van der Waals surface area contributed by atoms with Gasteiger partial charge in [-0.1, -0.05) is 6.07 Å². The molecule has 3 heterocycles. The molecule has 4 nitrogen and oxygen atoms in total. The van der Waals surface area contributed by atoms with Crippen LogP contribution >= 0.6 is 0 Å². The summed E-state index contributed by atoms with van der Waals surface area (Å²) >= 11 is 0. The topological polar surface area (TPSA) is 50.2 Å². The first-order chi connectivity index (χ1) is 5.86. The van der Waals surface area contributed by atoms with E-state index in [4.69, 9.17) is 0 Å². The predicted octanol–water partition coefficient (Wildman–Crippen LogP) is -2.27. The summed E-state index contributed by atoms with van der Waals surface area (Å²) in [6.45, 7) is 0. The third-order valence-corrected chi connectivity index (χ3v) is 2.00. The van der Waals surface area contributed by atoms with Gasteiger partial charge in [0.15, 0.2) is 0 Å². The number of aromatic amines is 1. The largest absolute Gasteiger partial charge is 1.00 e. The Hall–Kier alpha value is -0.840. The van der Waals surface area contributed by atoms with Crippen molar-refractivity contribution in [2.24, 2.45) is 0 Å². The Balaban J connectivity index is 0.000000490. The van der Waals surface area contributed by atoms with E-state index in [-0.39, 0.29) is 36.5 Å². The van der Waals surface area contributed by atoms with Crippen molar-refractivity contribution in [2.75, 3.05) is 0 Å². The molecule has 0 saturated heterocycles. The molecule has 3 aromatic rings. The molecule has 0 atom stereocenters. The summed E-state index contributed by atoms with van der Waals surface area (Å²) in [4.78, 5) is 18.1. The van der Waals surface area contributed by atoms with Gasteiger partial charge in [0.05, 0.1) is 6.20 Å². The van der Waals surface area contributed by atoms with Crippen molar-refractivity contribution < 1.29 is 31.0 Å². The van der Waals surface area contributed by atoms with E-state index in [1.165, 1.54) is 0 Å². The number of aromatic nitrogens is 3. The third-order valence-electron chi connectivity index (χ3n) is 2.00. The van der Waals surface area contributed by atoms with Crippen molar-refractivity contribution in [3.05, 3.63) is 34.7 Å². The zero-order valence-corrected chi connectivity index (χ0v) is 9.11. The summed E-state index contributed by atoms with van der Waals surface area (Å²) in [6, 6.07) is 5.59. The van der Waals surface area contributed by atoms with Gasteiger partial charge in [0.2, 0.25) is 0 Å². The van der Waals surface area contributed by atoms with Gasteiger partial charge in [-0.25, -0.2) is 4.98 Å². The number of hydrogen-bond acceptors (Lipinski definition) is 2. The molecule has 0 amide bonds. The molecular weight excluding hydrogens is 177 g/mol. The fourth-order valence-electron chi connectivity index (χ4n) is 1.47. The van der Waals surface area contributed by atoms with E-state index in [1.807, 2.05) is 22.6 Å². The molecule has 0 aliphatic rings. The number of pyridine rings is 1. The second-order valence-corrected chi connectivity index (χ2v) is 2.70. The van der Waals surface area contributed by atoms with Gasteiger partial charge < -0.3 is 6.41 Å². The van der Waals surface area contributed by atoms with E-state index < -0.39 is 0 Å². The minimum Gasteiger partial charge on any atom is -1.00 e. The van der Waals surface area contributed by atoms with Gasteiger partial charge >= 0.3 is 29.6 Å². The Labute approximate surface area is 96.7 Å². The summed E-state index contributed by atoms with van der Waals surface area (Å²) in [7, 11) is 0. The van der Waals surface area contributed by atoms with Crippen LogP contribution in [0.1, 0.15) is 1.43 Å². The van der Waals surface area contributed by atoms with Crippen LogP contribution in [-0.2, 0) is 0 Å². The summed E-state index contributed by atoms with van der Waals surface area (Å²) in [5.41, 5.74) is 2.13. The van der Waals surface area contributed by atoms with Crippen molar-refractivity contribution in [1.82, 2.24) is 14.4 Å². The molecule has 0 radical (unpaired) electrons. The Morgan fingerprint density at radius 2 is 2.31 bits per heavy atom. The number of rotatable bonds is 0. The molecule has 3 rings (SSSR count). The normalized spacial score (nSPS) is 10.8. The number of nitrogens with zero attached hydrogens (tertiary/aromatic N) is 2.